The first-order valence-electron chi connectivity index (χ1n) is 11.9. The van der Waals surface area contributed by atoms with Crippen molar-refractivity contribution in [3.8, 4) is 5.75 Å². The lowest BCUT2D eigenvalue weighted by molar-refractivity contribution is 0.0671. The smallest absolute Gasteiger partial charge is 0.322 e. The van der Waals surface area contributed by atoms with Crippen molar-refractivity contribution in [2.75, 3.05) is 43.8 Å². The van der Waals surface area contributed by atoms with Gasteiger partial charge in [0.05, 0.1) is 24.2 Å². The fraction of sp³-hybridized carbons (Fsp3) is 0.480. The highest BCUT2D eigenvalue weighted by molar-refractivity contribution is 5.95. The van der Waals surface area contributed by atoms with Gasteiger partial charge in [-0.15, -0.1) is 12.4 Å². The van der Waals surface area contributed by atoms with Gasteiger partial charge in [-0.2, -0.15) is 0 Å². The first-order chi connectivity index (χ1) is 16.1. The molecule has 0 unspecified atom stereocenters. The monoisotopic (exact) mass is 487 g/mol. The van der Waals surface area contributed by atoms with E-state index in [1.54, 1.807) is 22.1 Å². The average molecular weight is 488 g/mol. The van der Waals surface area contributed by atoms with Gasteiger partial charge in [0.15, 0.2) is 0 Å². The molecule has 1 saturated heterocycles. The molecule has 184 valence electrons. The third kappa shape index (κ3) is 7.00. The van der Waals surface area contributed by atoms with Gasteiger partial charge in [0, 0.05) is 37.9 Å². The van der Waals surface area contributed by atoms with Gasteiger partial charge in [0.25, 0.3) is 5.91 Å². The summed E-state index contributed by atoms with van der Waals surface area (Å²) in [6, 6.07) is 8.87. The molecule has 0 bridgehead atoms. The van der Waals surface area contributed by atoms with E-state index in [9.17, 15) is 9.59 Å². The highest BCUT2D eigenvalue weighted by atomic mass is 35.5. The number of ether oxygens (including phenoxy) is 1. The van der Waals surface area contributed by atoms with Crippen molar-refractivity contribution in [2.45, 2.75) is 38.5 Å². The molecule has 1 aromatic carbocycles. The van der Waals surface area contributed by atoms with E-state index in [4.69, 9.17) is 10.5 Å². The van der Waals surface area contributed by atoms with E-state index >= 15 is 0 Å². The third-order valence-corrected chi connectivity index (χ3v) is 6.47. The van der Waals surface area contributed by atoms with Crippen molar-refractivity contribution in [3.63, 3.8) is 0 Å². The molecule has 2 heterocycles. The van der Waals surface area contributed by atoms with Crippen LogP contribution in [0.15, 0.2) is 42.7 Å². The van der Waals surface area contributed by atoms with Gasteiger partial charge in [0.1, 0.15) is 5.75 Å². The number of amides is 3. The van der Waals surface area contributed by atoms with E-state index in [1.807, 2.05) is 24.3 Å². The Balaban J connectivity index is 0.00000324. The number of nitrogen functional groups attached to an aromatic ring is 1. The lowest BCUT2D eigenvalue weighted by atomic mass is 9.87. The van der Waals surface area contributed by atoms with Crippen LogP contribution < -0.4 is 15.8 Å². The number of pyridine rings is 1. The van der Waals surface area contributed by atoms with Crippen molar-refractivity contribution in [1.29, 1.82) is 0 Å². The summed E-state index contributed by atoms with van der Waals surface area (Å²) in [6.07, 6.45) is 10.8. The number of nitrogens with two attached hydrogens (primary N) is 1. The van der Waals surface area contributed by atoms with Crippen LogP contribution >= 0.6 is 12.4 Å². The first kappa shape index (κ1) is 25.6. The molecule has 1 aromatic heterocycles. The van der Waals surface area contributed by atoms with Crippen molar-refractivity contribution < 1.29 is 14.3 Å². The van der Waals surface area contributed by atoms with Gasteiger partial charge >= 0.3 is 6.03 Å². The summed E-state index contributed by atoms with van der Waals surface area (Å²) in [6.45, 7) is 2.58. The maximum Gasteiger partial charge on any atom is 0.322 e. The summed E-state index contributed by atoms with van der Waals surface area (Å²) in [5, 5.41) is 2.80. The number of halogens is 1. The standard InChI is InChI=1S/C25H33N5O3.ClH/c26-21-16-22(18-27-17-21)28-25(32)30-12-10-29(11-13-30)24(31)20-7-4-8-23(15-20)33-14-9-19-5-2-1-3-6-19;/h4,7-8,15-19H,1-3,5-6,9-14,26H2,(H,28,32);1H. The fourth-order valence-corrected chi connectivity index (χ4v) is 4.56. The van der Waals surface area contributed by atoms with E-state index in [1.165, 1.54) is 38.3 Å². The number of anilines is 2. The number of hydrogen-bond acceptors (Lipinski definition) is 5. The molecule has 2 aromatic rings. The van der Waals surface area contributed by atoms with Crippen LogP contribution in [0.4, 0.5) is 16.2 Å². The second-order valence-electron chi connectivity index (χ2n) is 8.89. The predicted octanol–water partition coefficient (Wildman–Crippen LogP) is 4.42. The maximum absolute atomic E-state index is 13.0. The Hall–Kier alpha value is -3.00. The van der Waals surface area contributed by atoms with Crippen LogP contribution in [-0.2, 0) is 0 Å². The molecule has 1 aliphatic heterocycles. The molecule has 0 atom stereocenters. The number of urea groups is 1. The Bertz CT molecular complexity index is 959. The van der Waals surface area contributed by atoms with E-state index < -0.39 is 0 Å². The van der Waals surface area contributed by atoms with Crippen LogP contribution in [0.1, 0.15) is 48.9 Å². The number of hydrogen-bond donors (Lipinski definition) is 2. The molecule has 1 saturated carbocycles. The Morgan fingerprint density at radius 3 is 2.50 bits per heavy atom. The van der Waals surface area contributed by atoms with Crippen LogP contribution in [0.25, 0.3) is 0 Å². The number of carbonyl (C=O) groups is 2. The minimum Gasteiger partial charge on any atom is -0.494 e. The van der Waals surface area contributed by atoms with Gasteiger partial charge in [0.2, 0.25) is 0 Å². The van der Waals surface area contributed by atoms with E-state index in [2.05, 4.69) is 10.3 Å². The predicted molar refractivity (Wildman–Crippen MR) is 136 cm³/mol. The topological polar surface area (TPSA) is 101 Å². The second kappa shape index (κ2) is 12.5. The summed E-state index contributed by atoms with van der Waals surface area (Å²) in [5.41, 5.74) is 7.37. The molecular weight excluding hydrogens is 454 g/mol. The van der Waals surface area contributed by atoms with E-state index in [0.29, 0.717) is 49.7 Å². The van der Waals surface area contributed by atoms with Gasteiger partial charge < -0.3 is 25.6 Å². The van der Waals surface area contributed by atoms with Crippen LogP contribution in [-0.4, -0.2) is 59.5 Å². The number of carbonyl (C=O) groups excluding carboxylic acids is 2. The Kier molecular flexibility index (Phi) is 9.39. The molecule has 1 aliphatic carbocycles. The number of aromatic nitrogens is 1. The molecule has 9 heteroatoms. The minimum atomic E-state index is -0.220. The lowest BCUT2D eigenvalue weighted by Gasteiger charge is -2.34. The summed E-state index contributed by atoms with van der Waals surface area (Å²) < 4.78 is 5.95. The van der Waals surface area contributed by atoms with Crippen LogP contribution in [0.5, 0.6) is 5.75 Å². The fourth-order valence-electron chi connectivity index (χ4n) is 4.56. The largest absolute Gasteiger partial charge is 0.494 e. The molecule has 3 N–H and O–H groups in total. The van der Waals surface area contributed by atoms with E-state index in [-0.39, 0.29) is 24.3 Å². The molecular formula is C25H34ClN5O3. The molecule has 0 spiro atoms. The zero-order valence-electron chi connectivity index (χ0n) is 19.4. The van der Waals surface area contributed by atoms with Gasteiger partial charge in [-0.3, -0.25) is 9.78 Å². The maximum atomic E-state index is 13.0. The number of rotatable bonds is 6. The quantitative estimate of drug-likeness (QED) is 0.627. The Labute approximate surface area is 207 Å². The molecule has 4 rings (SSSR count). The van der Waals surface area contributed by atoms with Crippen LogP contribution in [0.3, 0.4) is 0 Å². The number of benzene rings is 1. The van der Waals surface area contributed by atoms with E-state index in [0.717, 1.165) is 18.1 Å². The van der Waals surface area contributed by atoms with Gasteiger partial charge in [-0.25, -0.2) is 4.79 Å². The normalized spacial score (nSPS) is 16.5. The molecule has 2 fully saturated rings. The molecule has 3 amide bonds. The summed E-state index contributed by atoms with van der Waals surface area (Å²) in [4.78, 5) is 33.0. The number of nitrogens with one attached hydrogen (secondary N) is 1. The average Bonchev–Trinajstić information content (AvgIpc) is 2.84. The third-order valence-electron chi connectivity index (χ3n) is 6.47. The van der Waals surface area contributed by atoms with Crippen molar-refractivity contribution >= 4 is 35.7 Å². The van der Waals surface area contributed by atoms with Crippen LogP contribution in [0, 0.1) is 5.92 Å². The molecule has 2 aliphatic rings. The first-order valence-corrected chi connectivity index (χ1v) is 11.9. The van der Waals surface area contributed by atoms with Crippen molar-refractivity contribution in [1.82, 2.24) is 14.8 Å². The Morgan fingerprint density at radius 1 is 1.03 bits per heavy atom. The summed E-state index contributed by atoms with van der Waals surface area (Å²) in [5.74, 6) is 1.48. The Morgan fingerprint density at radius 2 is 1.76 bits per heavy atom. The summed E-state index contributed by atoms with van der Waals surface area (Å²) in [7, 11) is 0. The zero-order chi connectivity index (χ0) is 23.0. The molecule has 34 heavy (non-hydrogen) atoms. The highest BCUT2D eigenvalue weighted by Crippen LogP contribution is 2.26. The SMILES string of the molecule is Cl.Nc1cncc(NC(=O)N2CCN(C(=O)c3cccc(OCCC4CCCCC4)c3)CC2)c1. The summed E-state index contributed by atoms with van der Waals surface area (Å²) >= 11 is 0. The number of nitrogens with zero attached hydrogens (tertiary/aromatic N) is 3. The number of piperazine rings is 1. The second-order valence-corrected chi connectivity index (χ2v) is 8.89. The van der Waals surface area contributed by atoms with Crippen LogP contribution in [0.2, 0.25) is 0 Å². The minimum absolute atomic E-state index is 0. The zero-order valence-corrected chi connectivity index (χ0v) is 20.3. The molecule has 0 radical (unpaired) electrons. The van der Waals surface area contributed by atoms with Gasteiger partial charge in [-0.1, -0.05) is 38.2 Å². The van der Waals surface area contributed by atoms with Crippen molar-refractivity contribution in [2.24, 2.45) is 5.92 Å². The van der Waals surface area contributed by atoms with Crippen molar-refractivity contribution in [3.05, 3.63) is 48.3 Å². The highest BCUT2D eigenvalue weighted by Gasteiger charge is 2.25. The lowest BCUT2D eigenvalue weighted by Crippen LogP contribution is -2.51. The molecule has 8 nitrogen and oxygen atoms in total. The van der Waals surface area contributed by atoms with Gasteiger partial charge in [-0.05, 0) is 36.6 Å².